The highest BCUT2D eigenvalue weighted by Gasteiger charge is 2.32. The van der Waals surface area contributed by atoms with Crippen LogP contribution in [0.3, 0.4) is 0 Å². The molecule has 2 aliphatic rings. The van der Waals surface area contributed by atoms with E-state index in [1.807, 2.05) is 0 Å². The minimum atomic E-state index is -0.172. The molecule has 1 N–H and O–H groups in total. The van der Waals surface area contributed by atoms with Gasteiger partial charge in [-0.05, 0) is 31.5 Å². The maximum Gasteiger partial charge on any atom is 0.123 e. The third-order valence-electron chi connectivity index (χ3n) is 4.56. The number of rotatable bonds is 3. The number of nitrogens with one attached hydrogen (secondary N) is 1. The summed E-state index contributed by atoms with van der Waals surface area (Å²) in [6.45, 7) is 8.56. The van der Waals surface area contributed by atoms with E-state index in [1.54, 1.807) is 12.1 Å². The molecular formula is C16H23FN2O. The van der Waals surface area contributed by atoms with Crippen LogP contribution < -0.4 is 10.1 Å². The molecule has 0 saturated carbocycles. The molecule has 3 nitrogen and oxygen atoms in total. The van der Waals surface area contributed by atoms with Gasteiger partial charge in [-0.15, -0.1) is 0 Å². The zero-order chi connectivity index (χ0) is 14.2. The highest BCUT2D eigenvalue weighted by molar-refractivity contribution is 5.37. The summed E-state index contributed by atoms with van der Waals surface area (Å²) in [6, 6.07) is 4.82. The second-order valence-corrected chi connectivity index (χ2v) is 6.27. The number of benzene rings is 1. The van der Waals surface area contributed by atoms with Crippen molar-refractivity contribution in [3.8, 4) is 5.75 Å². The van der Waals surface area contributed by atoms with Crippen molar-refractivity contribution in [3.63, 3.8) is 0 Å². The van der Waals surface area contributed by atoms with Crippen LogP contribution in [0.5, 0.6) is 5.75 Å². The maximum atomic E-state index is 13.2. The summed E-state index contributed by atoms with van der Waals surface area (Å²) in [6.07, 6.45) is 2.10. The quantitative estimate of drug-likeness (QED) is 0.917. The van der Waals surface area contributed by atoms with E-state index < -0.39 is 0 Å². The minimum absolute atomic E-state index is 0.158. The molecule has 1 saturated heterocycles. The van der Waals surface area contributed by atoms with Gasteiger partial charge in [0.25, 0.3) is 0 Å². The van der Waals surface area contributed by atoms with Gasteiger partial charge < -0.3 is 10.1 Å². The number of hydrogen-bond acceptors (Lipinski definition) is 3. The Morgan fingerprint density at radius 2 is 2.35 bits per heavy atom. The van der Waals surface area contributed by atoms with Gasteiger partial charge in [0.1, 0.15) is 17.7 Å². The molecule has 110 valence electrons. The Labute approximate surface area is 120 Å². The topological polar surface area (TPSA) is 24.5 Å². The third-order valence-corrected chi connectivity index (χ3v) is 4.56. The first-order valence-corrected chi connectivity index (χ1v) is 7.50. The van der Waals surface area contributed by atoms with Crippen molar-refractivity contribution >= 4 is 0 Å². The Bertz CT molecular complexity index is 493. The third kappa shape index (κ3) is 2.81. The van der Waals surface area contributed by atoms with Crippen LogP contribution in [0, 0.1) is 5.82 Å². The van der Waals surface area contributed by atoms with Crippen LogP contribution in [0.1, 0.15) is 25.8 Å². The molecule has 0 aromatic heterocycles. The van der Waals surface area contributed by atoms with Crippen molar-refractivity contribution in [1.82, 2.24) is 10.2 Å². The van der Waals surface area contributed by atoms with E-state index in [1.165, 1.54) is 6.07 Å². The number of ether oxygens (including phenoxy) is 1. The average molecular weight is 278 g/mol. The molecule has 0 spiro atoms. The summed E-state index contributed by atoms with van der Waals surface area (Å²) in [5, 5.41) is 3.59. The molecule has 0 bridgehead atoms. The van der Waals surface area contributed by atoms with Gasteiger partial charge in [0.2, 0.25) is 0 Å². The smallest absolute Gasteiger partial charge is 0.123 e. The van der Waals surface area contributed by atoms with Crippen LogP contribution in [0.15, 0.2) is 18.2 Å². The van der Waals surface area contributed by atoms with Crippen molar-refractivity contribution in [2.75, 3.05) is 26.2 Å². The number of nitrogens with zero attached hydrogens (tertiary/aromatic N) is 1. The Kier molecular flexibility index (Phi) is 3.69. The van der Waals surface area contributed by atoms with E-state index in [2.05, 4.69) is 24.1 Å². The summed E-state index contributed by atoms with van der Waals surface area (Å²) in [5.74, 6) is 0.679. The van der Waals surface area contributed by atoms with Crippen LogP contribution in [0.4, 0.5) is 4.39 Å². The molecule has 20 heavy (non-hydrogen) atoms. The van der Waals surface area contributed by atoms with Crippen molar-refractivity contribution in [3.05, 3.63) is 29.6 Å². The van der Waals surface area contributed by atoms with Crippen molar-refractivity contribution in [2.45, 2.75) is 38.3 Å². The fourth-order valence-corrected chi connectivity index (χ4v) is 3.22. The summed E-state index contributed by atoms with van der Waals surface area (Å²) in [5.41, 5.74) is 1.21. The Morgan fingerprint density at radius 3 is 3.15 bits per heavy atom. The van der Waals surface area contributed by atoms with Gasteiger partial charge in [0, 0.05) is 43.7 Å². The van der Waals surface area contributed by atoms with Gasteiger partial charge in [0.15, 0.2) is 0 Å². The van der Waals surface area contributed by atoms with E-state index in [0.29, 0.717) is 0 Å². The zero-order valence-electron chi connectivity index (χ0n) is 12.3. The van der Waals surface area contributed by atoms with Crippen molar-refractivity contribution in [2.24, 2.45) is 0 Å². The Morgan fingerprint density at radius 1 is 1.50 bits per heavy atom. The lowest BCUT2D eigenvalue weighted by atomic mass is 9.95. The van der Waals surface area contributed by atoms with Crippen LogP contribution in [-0.2, 0) is 6.42 Å². The van der Waals surface area contributed by atoms with Gasteiger partial charge in [-0.25, -0.2) is 4.39 Å². The summed E-state index contributed by atoms with van der Waals surface area (Å²) in [4.78, 5) is 2.47. The van der Waals surface area contributed by atoms with E-state index in [9.17, 15) is 4.39 Å². The number of piperazine rings is 1. The first-order chi connectivity index (χ1) is 9.58. The largest absolute Gasteiger partial charge is 0.488 e. The second-order valence-electron chi connectivity index (χ2n) is 6.27. The molecule has 0 amide bonds. The lowest BCUT2D eigenvalue weighted by molar-refractivity contribution is 0.0933. The normalized spacial score (nSPS) is 30.1. The van der Waals surface area contributed by atoms with Crippen LogP contribution in [0.25, 0.3) is 0 Å². The molecule has 0 radical (unpaired) electrons. The highest BCUT2D eigenvalue weighted by Crippen LogP contribution is 2.30. The first kappa shape index (κ1) is 13.8. The van der Waals surface area contributed by atoms with E-state index in [0.717, 1.165) is 50.3 Å². The summed E-state index contributed by atoms with van der Waals surface area (Å²) in [7, 11) is 0. The molecular weight excluding hydrogens is 255 g/mol. The number of hydrogen-bond donors (Lipinski definition) is 1. The van der Waals surface area contributed by atoms with E-state index in [-0.39, 0.29) is 17.5 Å². The summed E-state index contributed by atoms with van der Waals surface area (Å²) < 4.78 is 19.2. The SMILES string of the molecule is CCC1(C)CN(CC2Cc3cc(F)ccc3O2)CCN1. The van der Waals surface area contributed by atoms with Gasteiger partial charge in [-0.3, -0.25) is 4.90 Å². The first-order valence-electron chi connectivity index (χ1n) is 7.50. The molecule has 2 unspecified atom stereocenters. The molecule has 2 aliphatic heterocycles. The lowest BCUT2D eigenvalue weighted by Gasteiger charge is -2.41. The van der Waals surface area contributed by atoms with Crippen molar-refractivity contribution in [1.29, 1.82) is 0 Å². The number of halogens is 1. The fourth-order valence-electron chi connectivity index (χ4n) is 3.22. The van der Waals surface area contributed by atoms with Crippen molar-refractivity contribution < 1.29 is 9.13 Å². The molecule has 4 heteroatoms. The lowest BCUT2D eigenvalue weighted by Crippen LogP contribution is -2.59. The predicted octanol–water partition coefficient (Wildman–Crippen LogP) is 2.20. The van der Waals surface area contributed by atoms with Crippen LogP contribution in [-0.4, -0.2) is 42.7 Å². The highest BCUT2D eigenvalue weighted by atomic mass is 19.1. The minimum Gasteiger partial charge on any atom is -0.488 e. The second kappa shape index (κ2) is 5.34. The molecule has 2 heterocycles. The van der Waals surface area contributed by atoms with Gasteiger partial charge >= 0.3 is 0 Å². The summed E-state index contributed by atoms with van der Waals surface area (Å²) >= 11 is 0. The molecule has 0 aliphatic carbocycles. The fraction of sp³-hybridized carbons (Fsp3) is 0.625. The van der Waals surface area contributed by atoms with Gasteiger partial charge in [-0.2, -0.15) is 0 Å². The Balaban J connectivity index is 1.60. The molecule has 2 atom stereocenters. The molecule has 3 rings (SSSR count). The standard InChI is InChI=1S/C16H23FN2O/c1-3-16(2)11-19(7-6-18-16)10-14-9-12-8-13(17)4-5-15(12)20-14/h4-5,8,14,18H,3,6-7,9-11H2,1-2H3. The van der Waals surface area contributed by atoms with Gasteiger partial charge in [0.05, 0.1) is 0 Å². The van der Waals surface area contributed by atoms with Crippen LogP contribution in [0.2, 0.25) is 0 Å². The molecule has 1 aromatic carbocycles. The Hall–Kier alpha value is -1.13. The maximum absolute atomic E-state index is 13.2. The number of fused-ring (bicyclic) bond motifs is 1. The molecule has 1 fully saturated rings. The van der Waals surface area contributed by atoms with E-state index in [4.69, 9.17) is 4.74 Å². The average Bonchev–Trinajstić information content (AvgIpc) is 2.80. The zero-order valence-corrected chi connectivity index (χ0v) is 12.3. The van der Waals surface area contributed by atoms with Gasteiger partial charge in [-0.1, -0.05) is 6.92 Å². The monoisotopic (exact) mass is 278 g/mol. The predicted molar refractivity (Wildman–Crippen MR) is 77.7 cm³/mol. The van der Waals surface area contributed by atoms with Crippen LogP contribution >= 0.6 is 0 Å². The molecule has 1 aromatic rings. The van der Waals surface area contributed by atoms with E-state index >= 15 is 0 Å².